The molecule has 14 heavy (non-hydrogen) atoms. The molecular formula is C8H11NO4S. The van der Waals surface area contributed by atoms with E-state index in [9.17, 15) is 18.0 Å². The Kier molecular flexibility index (Phi) is 1.76. The SMILES string of the molecule is CC1C2(CCS1(=O)=O)CC(=O)NC2=O. The van der Waals surface area contributed by atoms with Gasteiger partial charge in [-0.15, -0.1) is 0 Å². The molecule has 0 aromatic carbocycles. The molecule has 0 radical (unpaired) electrons. The molecule has 2 atom stereocenters. The van der Waals surface area contributed by atoms with E-state index in [1.54, 1.807) is 0 Å². The van der Waals surface area contributed by atoms with Crippen LogP contribution in [-0.2, 0) is 19.4 Å². The summed E-state index contributed by atoms with van der Waals surface area (Å²) in [6.45, 7) is 1.51. The van der Waals surface area contributed by atoms with Gasteiger partial charge in [0, 0.05) is 6.42 Å². The van der Waals surface area contributed by atoms with Crippen molar-refractivity contribution in [2.24, 2.45) is 5.41 Å². The Hall–Kier alpha value is -0.910. The molecule has 2 aliphatic heterocycles. The number of rotatable bonds is 0. The van der Waals surface area contributed by atoms with Crippen LogP contribution in [0, 0.1) is 5.41 Å². The van der Waals surface area contributed by atoms with Crippen LogP contribution in [0.4, 0.5) is 0 Å². The zero-order valence-corrected chi connectivity index (χ0v) is 8.56. The van der Waals surface area contributed by atoms with Crippen molar-refractivity contribution in [2.45, 2.75) is 25.0 Å². The summed E-state index contributed by atoms with van der Waals surface area (Å²) in [5, 5.41) is 1.44. The van der Waals surface area contributed by atoms with Gasteiger partial charge in [0.15, 0.2) is 9.84 Å². The van der Waals surface area contributed by atoms with Crippen molar-refractivity contribution in [2.75, 3.05) is 5.75 Å². The third kappa shape index (κ3) is 1.03. The first kappa shape index (κ1) is 9.64. The van der Waals surface area contributed by atoms with E-state index in [4.69, 9.17) is 0 Å². The average Bonchev–Trinajstić information content (AvgIpc) is 2.47. The molecule has 2 aliphatic rings. The van der Waals surface area contributed by atoms with Crippen molar-refractivity contribution in [1.82, 2.24) is 5.32 Å². The lowest BCUT2D eigenvalue weighted by atomic mass is 9.81. The number of imide groups is 1. The fourth-order valence-corrected chi connectivity index (χ4v) is 4.24. The first-order valence-corrected chi connectivity index (χ1v) is 6.16. The van der Waals surface area contributed by atoms with Crippen LogP contribution in [0.5, 0.6) is 0 Å². The van der Waals surface area contributed by atoms with Crippen molar-refractivity contribution in [1.29, 1.82) is 0 Å². The Labute approximate surface area is 81.8 Å². The maximum atomic E-state index is 11.5. The molecule has 0 aliphatic carbocycles. The van der Waals surface area contributed by atoms with Gasteiger partial charge in [-0.05, 0) is 13.3 Å². The Morgan fingerprint density at radius 2 is 2.07 bits per heavy atom. The first-order valence-electron chi connectivity index (χ1n) is 4.44. The van der Waals surface area contributed by atoms with Crippen LogP contribution in [0.3, 0.4) is 0 Å². The second-order valence-electron chi connectivity index (χ2n) is 3.97. The van der Waals surface area contributed by atoms with Crippen molar-refractivity contribution >= 4 is 21.7 Å². The topological polar surface area (TPSA) is 80.3 Å². The van der Waals surface area contributed by atoms with Gasteiger partial charge in [0.2, 0.25) is 11.8 Å². The Morgan fingerprint density at radius 1 is 1.43 bits per heavy atom. The average molecular weight is 217 g/mol. The fraction of sp³-hybridized carbons (Fsp3) is 0.750. The van der Waals surface area contributed by atoms with Gasteiger partial charge >= 0.3 is 0 Å². The van der Waals surface area contributed by atoms with Gasteiger partial charge in [-0.1, -0.05) is 0 Å². The lowest BCUT2D eigenvalue weighted by Crippen LogP contribution is -2.38. The number of hydrogen-bond donors (Lipinski definition) is 1. The Balaban J connectivity index is 2.45. The zero-order chi connectivity index (χ0) is 10.6. The number of hydrogen-bond acceptors (Lipinski definition) is 4. The van der Waals surface area contributed by atoms with Crippen LogP contribution < -0.4 is 5.32 Å². The smallest absolute Gasteiger partial charge is 0.234 e. The van der Waals surface area contributed by atoms with Gasteiger partial charge in [0.05, 0.1) is 16.4 Å². The summed E-state index contributed by atoms with van der Waals surface area (Å²) in [7, 11) is -3.19. The molecular weight excluding hydrogens is 206 g/mol. The molecule has 0 aromatic rings. The minimum Gasteiger partial charge on any atom is -0.296 e. The maximum Gasteiger partial charge on any atom is 0.234 e. The molecule has 0 saturated carbocycles. The number of carbonyl (C=O) groups is 2. The first-order chi connectivity index (χ1) is 6.38. The van der Waals surface area contributed by atoms with Gasteiger partial charge in [0.1, 0.15) is 0 Å². The minimum absolute atomic E-state index is 0.00880. The van der Waals surface area contributed by atoms with E-state index in [0.717, 1.165) is 0 Å². The highest BCUT2D eigenvalue weighted by molar-refractivity contribution is 7.92. The monoisotopic (exact) mass is 217 g/mol. The summed E-state index contributed by atoms with van der Waals surface area (Å²) in [5.41, 5.74) is -0.976. The van der Waals surface area contributed by atoms with Crippen molar-refractivity contribution < 1.29 is 18.0 Å². The minimum atomic E-state index is -3.19. The van der Waals surface area contributed by atoms with E-state index in [-0.39, 0.29) is 24.5 Å². The molecule has 2 amide bonds. The van der Waals surface area contributed by atoms with E-state index >= 15 is 0 Å². The summed E-state index contributed by atoms with van der Waals surface area (Å²) in [4.78, 5) is 22.6. The highest BCUT2D eigenvalue weighted by Gasteiger charge is 2.58. The standard InChI is InChI=1S/C8H11NO4S/c1-5-8(2-3-14(5,12)13)4-6(10)9-7(8)11/h5H,2-4H2,1H3,(H,9,10,11). The van der Waals surface area contributed by atoms with E-state index in [0.29, 0.717) is 0 Å². The summed E-state index contributed by atoms with van der Waals surface area (Å²) in [5.74, 6) is -0.774. The fourth-order valence-electron chi connectivity index (χ4n) is 2.24. The number of nitrogens with one attached hydrogen (secondary N) is 1. The van der Waals surface area contributed by atoms with E-state index in [1.165, 1.54) is 6.92 Å². The predicted molar refractivity (Wildman–Crippen MR) is 48.1 cm³/mol. The van der Waals surface area contributed by atoms with Crippen LogP contribution in [0.25, 0.3) is 0 Å². The molecule has 0 aromatic heterocycles. The number of sulfone groups is 1. The molecule has 2 unspecified atom stereocenters. The predicted octanol–water partition coefficient (Wildman–Crippen LogP) is -0.774. The maximum absolute atomic E-state index is 11.5. The van der Waals surface area contributed by atoms with Crippen LogP contribution in [0.1, 0.15) is 19.8 Å². The van der Waals surface area contributed by atoms with Gasteiger partial charge in [-0.3, -0.25) is 14.9 Å². The van der Waals surface area contributed by atoms with Crippen molar-refractivity contribution in [3.05, 3.63) is 0 Å². The molecule has 78 valence electrons. The second-order valence-corrected chi connectivity index (χ2v) is 6.41. The highest BCUT2D eigenvalue weighted by Crippen LogP contribution is 2.44. The second kappa shape index (κ2) is 2.56. The number of carbonyl (C=O) groups excluding carboxylic acids is 2. The molecule has 2 saturated heterocycles. The molecule has 1 N–H and O–H groups in total. The Morgan fingerprint density at radius 3 is 2.43 bits per heavy atom. The van der Waals surface area contributed by atoms with Crippen molar-refractivity contribution in [3.63, 3.8) is 0 Å². The highest BCUT2D eigenvalue weighted by atomic mass is 32.2. The Bertz CT molecular complexity index is 413. The quantitative estimate of drug-likeness (QED) is 0.540. The molecule has 2 fully saturated rings. The third-order valence-electron chi connectivity index (χ3n) is 3.33. The van der Waals surface area contributed by atoms with Crippen LogP contribution in [0.2, 0.25) is 0 Å². The lowest BCUT2D eigenvalue weighted by molar-refractivity contribution is -0.128. The van der Waals surface area contributed by atoms with E-state index < -0.39 is 26.4 Å². The zero-order valence-electron chi connectivity index (χ0n) is 7.74. The van der Waals surface area contributed by atoms with Crippen LogP contribution >= 0.6 is 0 Å². The molecule has 2 rings (SSSR count). The molecule has 0 bridgehead atoms. The largest absolute Gasteiger partial charge is 0.296 e. The number of amides is 2. The third-order valence-corrected chi connectivity index (χ3v) is 5.63. The van der Waals surface area contributed by atoms with Gasteiger partial charge in [-0.2, -0.15) is 0 Å². The summed E-state index contributed by atoms with van der Waals surface area (Å²) in [6.07, 6.45) is 0.292. The van der Waals surface area contributed by atoms with E-state index in [1.807, 2.05) is 0 Å². The lowest BCUT2D eigenvalue weighted by Gasteiger charge is -2.21. The van der Waals surface area contributed by atoms with Gasteiger partial charge in [0.25, 0.3) is 0 Å². The van der Waals surface area contributed by atoms with Gasteiger partial charge in [-0.25, -0.2) is 8.42 Å². The molecule has 1 spiro atoms. The summed E-state index contributed by atoms with van der Waals surface area (Å²) >= 11 is 0. The van der Waals surface area contributed by atoms with Crippen LogP contribution in [-0.4, -0.2) is 31.2 Å². The van der Waals surface area contributed by atoms with Crippen LogP contribution in [0.15, 0.2) is 0 Å². The molecule has 5 nitrogen and oxygen atoms in total. The summed E-state index contributed by atoms with van der Waals surface area (Å²) in [6, 6.07) is 0. The molecule has 2 heterocycles. The molecule has 6 heteroatoms. The van der Waals surface area contributed by atoms with Crippen molar-refractivity contribution in [3.8, 4) is 0 Å². The normalized spacial score (nSPS) is 40.5. The summed E-state index contributed by atoms with van der Waals surface area (Å²) < 4.78 is 23.0. The van der Waals surface area contributed by atoms with E-state index in [2.05, 4.69) is 5.32 Å². The van der Waals surface area contributed by atoms with Gasteiger partial charge < -0.3 is 0 Å².